The molecular formula is C22H16Cl2N4O6. The first-order valence-corrected chi connectivity index (χ1v) is 10.5. The van der Waals surface area contributed by atoms with Gasteiger partial charge >= 0.3 is 0 Å². The van der Waals surface area contributed by atoms with E-state index in [4.69, 9.17) is 37.1 Å². The summed E-state index contributed by atoms with van der Waals surface area (Å²) in [6.07, 6.45) is 3.08. The number of furan rings is 1. The van der Waals surface area contributed by atoms with Gasteiger partial charge < -0.3 is 19.2 Å². The predicted octanol–water partition coefficient (Wildman–Crippen LogP) is 5.56. The Morgan fingerprint density at radius 1 is 1.15 bits per heavy atom. The Hall–Kier alpha value is -4.02. The Morgan fingerprint density at radius 3 is 2.76 bits per heavy atom. The van der Waals surface area contributed by atoms with Crippen molar-refractivity contribution in [3.63, 3.8) is 0 Å². The number of nitro groups is 1. The number of benzene rings is 2. The van der Waals surface area contributed by atoms with E-state index < -0.39 is 10.8 Å². The average molecular weight is 503 g/mol. The molecule has 1 N–H and O–H groups in total. The van der Waals surface area contributed by atoms with Crippen LogP contribution in [0.2, 0.25) is 10.0 Å². The highest BCUT2D eigenvalue weighted by Gasteiger charge is 2.15. The first-order valence-electron chi connectivity index (χ1n) is 9.75. The van der Waals surface area contributed by atoms with Gasteiger partial charge in [0.25, 0.3) is 11.6 Å². The van der Waals surface area contributed by atoms with Gasteiger partial charge in [0.2, 0.25) is 0 Å². The molecule has 0 radical (unpaired) electrons. The smallest absolute Gasteiger partial charge is 0.291 e. The normalized spacial score (nSPS) is 10.6. The second-order valence-corrected chi connectivity index (χ2v) is 7.72. The number of non-ortho nitro benzene ring substituents is 1. The van der Waals surface area contributed by atoms with E-state index in [9.17, 15) is 14.9 Å². The largest absolute Gasteiger partial charge is 0.484 e. The van der Waals surface area contributed by atoms with E-state index in [1.807, 2.05) is 0 Å². The maximum Gasteiger partial charge on any atom is 0.291 e. The van der Waals surface area contributed by atoms with Crippen molar-refractivity contribution in [2.24, 2.45) is 0 Å². The molecule has 0 atom stereocenters. The summed E-state index contributed by atoms with van der Waals surface area (Å²) in [5.41, 5.74) is 0.306. The van der Waals surface area contributed by atoms with Crippen molar-refractivity contribution in [3.05, 3.63) is 98.7 Å². The summed E-state index contributed by atoms with van der Waals surface area (Å²) in [5, 5.41) is 18.2. The van der Waals surface area contributed by atoms with Gasteiger partial charge in [0.15, 0.2) is 12.5 Å². The van der Waals surface area contributed by atoms with Gasteiger partial charge in [0.1, 0.15) is 23.9 Å². The fourth-order valence-corrected chi connectivity index (χ4v) is 3.25. The quantitative estimate of drug-likeness (QED) is 0.234. The number of aromatic nitrogens is 2. The molecule has 2 heterocycles. The summed E-state index contributed by atoms with van der Waals surface area (Å²) < 4.78 is 18.1. The maximum absolute atomic E-state index is 12.5. The van der Waals surface area contributed by atoms with E-state index in [0.717, 1.165) is 0 Å². The Labute approximate surface area is 202 Å². The molecule has 10 nitrogen and oxygen atoms in total. The van der Waals surface area contributed by atoms with Crippen molar-refractivity contribution in [1.82, 2.24) is 9.78 Å². The van der Waals surface area contributed by atoms with Crippen LogP contribution in [-0.2, 0) is 13.3 Å². The number of hydrogen-bond acceptors (Lipinski definition) is 7. The third-order valence-electron chi connectivity index (χ3n) is 4.43. The maximum atomic E-state index is 12.5. The molecule has 0 fully saturated rings. The van der Waals surface area contributed by atoms with Crippen LogP contribution in [0, 0.1) is 10.1 Å². The molecule has 34 heavy (non-hydrogen) atoms. The summed E-state index contributed by atoms with van der Waals surface area (Å²) >= 11 is 11.9. The van der Waals surface area contributed by atoms with E-state index in [0.29, 0.717) is 22.2 Å². The number of ether oxygens (including phenoxy) is 2. The number of carbonyl (C=O) groups excluding carboxylic acids is 1. The average Bonchev–Trinajstić information content (AvgIpc) is 3.46. The molecule has 0 aliphatic rings. The molecule has 0 saturated carbocycles. The third-order valence-corrected chi connectivity index (χ3v) is 4.96. The number of nitrogens with one attached hydrogen (secondary N) is 1. The topological polar surface area (TPSA) is 122 Å². The van der Waals surface area contributed by atoms with E-state index >= 15 is 0 Å². The highest BCUT2D eigenvalue weighted by atomic mass is 35.5. The summed E-state index contributed by atoms with van der Waals surface area (Å²) in [6, 6.07) is 13.9. The van der Waals surface area contributed by atoms with Gasteiger partial charge in [0, 0.05) is 17.2 Å². The minimum Gasteiger partial charge on any atom is -0.484 e. The number of carbonyl (C=O) groups is 1. The van der Waals surface area contributed by atoms with E-state index in [1.54, 1.807) is 36.5 Å². The molecule has 0 aliphatic heterocycles. The van der Waals surface area contributed by atoms with E-state index in [-0.39, 0.29) is 35.6 Å². The molecule has 0 unspecified atom stereocenters. The third kappa shape index (κ3) is 5.85. The van der Waals surface area contributed by atoms with Crippen molar-refractivity contribution >= 4 is 40.5 Å². The van der Waals surface area contributed by atoms with Gasteiger partial charge in [-0.3, -0.25) is 14.9 Å². The number of nitro benzene ring substituents is 1. The fourth-order valence-electron chi connectivity index (χ4n) is 2.84. The molecule has 2 aromatic heterocycles. The summed E-state index contributed by atoms with van der Waals surface area (Å²) in [5.74, 6) is 0.799. The SMILES string of the molecule is O=C(Nc1cnn(COc2cccc(Cl)c2)c1)c1ccc(COc2ccc([N+](=O)[O-])cc2Cl)o1. The van der Waals surface area contributed by atoms with Crippen molar-refractivity contribution in [1.29, 1.82) is 0 Å². The Bertz CT molecular complexity index is 1340. The molecule has 2 aromatic carbocycles. The zero-order chi connectivity index (χ0) is 24.1. The first kappa shape index (κ1) is 23.1. The minimum absolute atomic E-state index is 0.0242. The van der Waals surface area contributed by atoms with Crippen LogP contribution in [0.5, 0.6) is 11.5 Å². The lowest BCUT2D eigenvalue weighted by Crippen LogP contribution is -2.10. The Morgan fingerprint density at radius 2 is 2.00 bits per heavy atom. The lowest BCUT2D eigenvalue weighted by atomic mass is 10.3. The highest BCUT2D eigenvalue weighted by Crippen LogP contribution is 2.29. The van der Waals surface area contributed by atoms with Crippen LogP contribution in [0.15, 0.2) is 71.4 Å². The predicted molar refractivity (Wildman–Crippen MR) is 123 cm³/mol. The number of anilines is 1. The van der Waals surface area contributed by atoms with E-state index in [2.05, 4.69) is 10.4 Å². The van der Waals surface area contributed by atoms with Gasteiger partial charge in [-0.25, -0.2) is 4.68 Å². The Balaban J connectivity index is 1.30. The van der Waals surface area contributed by atoms with Crippen LogP contribution in [0.4, 0.5) is 11.4 Å². The van der Waals surface area contributed by atoms with Gasteiger partial charge in [-0.1, -0.05) is 29.3 Å². The van der Waals surface area contributed by atoms with Crippen LogP contribution >= 0.6 is 23.2 Å². The van der Waals surface area contributed by atoms with Gasteiger partial charge in [-0.05, 0) is 36.4 Å². The van der Waals surface area contributed by atoms with Gasteiger partial charge in [0.05, 0.1) is 28.0 Å². The second kappa shape index (κ2) is 10.3. The first-order chi connectivity index (χ1) is 16.4. The summed E-state index contributed by atoms with van der Waals surface area (Å²) in [4.78, 5) is 22.7. The van der Waals surface area contributed by atoms with Crippen molar-refractivity contribution in [2.45, 2.75) is 13.3 Å². The van der Waals surface area contributed by atoms with Crippen molar-refractivity contribution in [2.75, 3.05) is 5.32 Å². The summed E-state index contributed by atoms with van der Waals surface area (Å²) in [6.45, 7) is 0.104. The number of rotatable bonds is 9. The molecule has 4 rings (SSSR count). The molecule has 174 valence electrons. The molecule has 0 aliphatic carbocycles. The second-order valence-electron chi connectivity index (χ2n) is 6.88. The van der Waals surface area contributed by atoms with Crippen LogP contribution in [0.25, 0.3) is 0 Å². The van der Waals surface area contributed by atoms with Crippen LogP contribution in [0.3, 0.4) is 0 Å². The fraction of sp³-hybridized carbons (Fsp3) is 0.0909. The standard InChI is InChI=1S/C22H16Cl2N4O6/c23-14-2-1-3-17(8-14)33-13-27-11-15(10-25-27)26-22(29)21-7-5-18(34-21)12-32-20-6-4-16(28(30)31)9-19(20)24/h1-11H,12-13H2,(H,26,29). The lowest BCUT2D eigenvalue weighted by molar-refractivity contribution is -0.384. The number of halogens is 2. The highest BCUT2D eigenvalue weighted by molar-refractivity contribution is 6.32. The molecule has 0 saturated heterocycles. The van der Waals surface area contributed by atoms with E-state index in [1.165, 1.54) is 35.1 Å². The molecule has 1 amide bonds. The van der Waals surface area contributed by atoms with Crippen LogP contribution < -0.4 is 14.8 Å². The van der Waals surface area contributed by atoms with Crippen LogP contribution in [0.1, 0.15) is 16.3 Å². The van der Waals surface area contributed by atoms with Gasteiger partial charge in [-0.15, -0.1) is 0 Å². The molecule has 0 bridgehead atoms. The zero-order valence-electron chi connectivity index (χ0n) is 17.3. The lowest BCUT2D eigenvalue weighted by Gasteiger charge is -2.06. The summed E-state index contributed by atoms with van der Waals surface area (Å²) in [7, 11) is 0. The molecule has 4 aromatic rings. The molecule has 12 heteroatoms. The number of hydrogen-bond donors (Lipinski definition) is 1. The molecular weight excluding hydrogens is 487 g/mol. The van der Waals surface area contributed by atoms with Crippen molar-refractivity contribution in [3.8, 4) is 11.5 Å². The van der Waals surface area contributed by atoms with Gasteiger partial charge in [-0.2, -0.15) is 5.10 Å². The molecule has 0 spiro atoms. The van der Waals surface area contributed by atoms with Crippen LogP contribution in [-0.4, -0.2) is 20.6 Å². The Kier molecular flexibility index (Phi) is 7.00. The number of amides is 1. The number of nitrogens with zero attached hydrogens (tertiary/aromatic N) is 3. The minimum atomic E-state index is -0.552. The van der Waals surface area contributed by atoms with Crippen molar-refractivity contribution < 1.29 is 23.6 Å². The zero-order valence-corrected chi connectivity index (χ0v) is 18.8. The monoisotopic (exact) mass is 502 g/mol.